The minimum Gasteiger partial charge on any atom is -0.491 e. The smallest absolute Gasteiger partial charge is 0.182 e. The topological polar surface area (TPSA) is 79.4 Å². The molecule has 6 rings (SSSR count). The highest BCUT2D eigenvalue weighted by atomic mass is 16.5. The van der Waals surface area contributed by atoms with Crippen molar-refractivity contribution in [3.05, 3.63) is 42.0 Å². The maximum atomic E-state index is 6.53. The van der Waals surface area contributed by atoms with Crippen LogP contribution in [0.25, 0.3) is 11.2 Å². The number of rotatable bonds is 7. The predicted octanol–water partition coefficient (Wildman–Crippen LogP) is 3.37. The molecule has 2 aliphatic heterocycles. The fraction of sp³-hybridized carbons (Fsp3) is 0.577. The number of anilines is 1. The van der Waals surface area contributed by atoms with Crippen molar-refractivity contribution in [2.24, 2.45) is 0 Å². The first-order valence-corrected chi connectivity index (χ1v) is 12.7. The summed E-state index contributed by atoms with van der Waals surface area (Å²) in [5, 5.41) is 0. The molecule has 2 saturated heterocycles. The zero-order valence-electron chi connectivity index (χ0n) is 20.1. The van der Waals surface area contributed by atoms with Gasteiger partial charge < -0.3 is 19.4 Å². The third-order valence-electron chi connectivity index (χ3n) is 7.56. The van der Waals surface area contributed by atoms with E-state index in [1.165, 1.54) is 17.5 Å². The quantitative estimate of drug-likeness (QED) is 0.577. The minimum atomic E-state index is 0.293. The molecule has 3 aromatic rings. The van der Waals surface area contributed by atoms with Gasteiger partial charge in [0.05, 0.1) is 24.6 Å². The summed E-state index contributed by atoms with van der Waals surface area (Å²) in [4.78, 5) is 21.3. The summed E-state index contributed by atoms with van der Waals surface area (Å²) >= 11 is 0. The summed E-state index contributed by atoms with van der Waals surface area (Å²) < 4.78 is 12.5. The highest BCUT2D eigenvalue weighted by Gasteiger charge is 2.36. The van der Waals surface area contributed by atoms with E-state index >= 15 is 0 Å². The number of imidazole rings is 1. The summed E-state index contributed by atoms with van der Waals surface area (Å²) in [5.74, 6) is 1.98. The van der Waals surface area contributed by atoms with E-state index in [-0.39, 0.29) is 0 Å². The van der Waals surface area contributed by atoms with Gasteiger partial charge in [0.2, 0.25) is 0 Å². The van der Waals surface area contributed by atoms with E-state index in [9.17, 15) is 0 Å². The molecule has 3 aliphatic rings. The van der Waals surface area contributed by atoms with Crippen LogP contribution in [0.2, 0.25) is 0 Å². The Balaban J connectivity index is 1.13. The average Bonchev–Trinajstić information content (AvgIpc) is 3.48. The van der Waals surface area contributed by atoms with E-state index in [4.69, 9.17) is 9.47 Å². The summed E-state index contributed by atoms with van der Waals surface area (Å²) in [7, 11) is 0. The third kappa shape index (κ3) is 4.14. The Morgan fingerprint density at radius 3 is 2.94 bits per heavy atom. The molecule has 0 amide bonds. The molecule has 0 radical (unpaired) electrons. The van der Waals surface area contributed by atoms with Crippen LogP contribution < -0.4 is 9.64 Å². The van der Waals surface area contributed by atoms with Gasteiger partial charge in [-0.3, -0.25) is 4.90 Å². The van der Waals surface area contributed by atoms with Gasteiger partial charge in [-0.15, -0.1) is 0 Å². The number of benzene rings is 1. The van der Waals surface area contributed by atoms with E-state index in [1.54, 1.807) is 12.7 Å². The van der Waals surface area contributed by atoms with E-state index in [1.807, 2.05) is 0 Å². The highest BCUT2D eigenvalue weighted by Crippen LogP contribution is 2.35. The van der Waals surface area contributed by atoms with Gasteiger partial charge in [-0.1, -0.05) is 12.1 Å². The number of aromatic amines is 1. The lowest BCUT2D eigenvalue weighted by molar-refractivity contribution is -0.0963. The zero-order chi connectivity index (χ0) is 23.1. The van der Waals surface area contributed by atoms with Crippen LogP contribution in [0, 0.1) is 0 Å². The maximum absolute atomic E-state index is 6.53. The molecule has 4 heterocycles. The van der Waals surface area contributed by atoms with E-state index in [0.29, 0.717) is 36.5 Å². The van der Waals surface area contributed by atoms with Crippen molar-refractivity contribution < 1.29 is 9.47 Å². The Hall–Kier alpha value is -2.71. The Labute approximate surface area is 200 Å². The van der Waals surface area contributed by atoms with E-state index in [2.05, 4.69) is 61.8 Å². The van der Waals surface area contributed by atoms with Gasteiger partial charge in [-0.2, -0.15) is 0 Å². The minimum absolute atomic E-state index is 0.293. The molecule has 0 saturated carbocycles. The fourth-order valence-corrected chi connectivity index (χ4v) is 5.87. The van der Waals surface area contributed by atoms with Crippen molar-refractivity contribution in [2.45, 2.75) is 70.2 Å². The number of ether oxygens (including phenoxy) is 2. The van der Waals surface area contributed by atoms with Crippen LogP contribution in [0.15, 0.2) is 30.9 Å². The second-order valence-electron chi connectivity index (χ2n) is 10.2. The van der Waals surface area contributed by atoms with Gasteiger partial charge in [0.1, 0.15) is 24.2 Å². The highest BCUT2D eigenvalue weighted by molar-refractivity contribution is 5.83. The zero-order valence-corrected chi connectivity index (χ0v) is 20.1. The molecule has 0 bridgehead atoms. The largest absolute Gasteiger partial charge is 0.491 e. The maximum Gasteiger partial charge on any atom is 0.182 e. The van der Waals surface area contributed by atoms with Crippen LogP contribution in [0.3, 0.4) is 0 Å². The van der Waals surface area contributed by atoms with Crippen molar-refractivity contribution in [3.63, 3.8) is 0 Å². The standard InChI is InChI=1S/C26H34N6O2/c1-17(2)34-21-12-31(13-21)19-9-8-18-5-3-7-23(22(18)11-19)33-14-20-6-4-10-32(20)26-24-25(28-15-27-24)29-16-30-26/h3,5,7,15-17,19-21H,4,6,8-14H2,1-2H3,(H,27,28,29,30)/t19?,20-/m1/s1. The van der Waals surface area contributed by atoms with Crippen LogP contribution in [-0.4, -0.2) is 75.4 Å². The second-order valence-corrected chi connectivity index (χ2v) is 10.2. The fourth-order valence-electron chi connectivity index (χ4n) is 5.87. The number of likely N-dealkylation sites (tertiary alicyclic amines) is 1. The summed E-state index contributed by atoms with van der Waals surface area (Å²) in [6, 6.07) is 7.45. The Morgan fingerprint density at radius 1 is 1.15 bits per heavy atom. The monoisotopic (exact) mass is 462 g/mol. The number of aromatic nitrogens is 4. The van der Waals surface area contributed by atoms with Crippen molar-refractivity contribution in [1.29, 1.82) is 0 Å². The summed E-state index contributed by atoms with van der Waals surface area (Å²) in [6.45, 7) is 7.99. The number of aryl methyl sites for hydroxylation is 1. The van der Waals surface area contributed by atoms with Gasteiger partial charge in [0.25, 0.3) is 0 Å². The molecule has 1 aliphatic carbocycles. The van der Waals surface area contributed by atoms with Gasteiger partial charge in [0.15, 0.2) is 11.5 Å². The van der Waals surface area contributed by atoms with Crippen molar-refractivity contribution in [2.75, 3.05) is 31.1 Å². The molecule has 2 fully saturated rings. The van der Waals surface area contributed by atoms with Crippen LogP contribution in [0.4, 0.5) is 5.82 Å². The molecule has 34 heavy (non-hydrogen) atoms. The molecular formula is C26H34N6O2. The molecule has 8 nitrogen and oxygen atoms in total. The summed E-state index contributed by atoms with van der Waals surface area (Å²) in [6.07, 6.45) is 9.63. The molecule has 2 atom stereocenters. The van der Waals surface area contributed by atoms with Gasteiger partial charge in [-0.05, 0) is 63.1 Å². The molecule has 8 heteroatoms. The number of hydrogen-bond acceptors (Lipinski definition) is 7. The normalized spacial score (nSPS) is 23.4. The lowest BCUT2D eigenvalue weighted by Gasteiger charge is -2.46. The van der Waals surface area contributed by atoms with Gasteiger partial charge >= 0.3 is 0 Å². The van der Waals surface area contributed by atoms with Crippen LogP contribution in [0.5, 0.6) is 5.75 Å². The summed E-state index contributed by atoms with van der Waals surface area (Å²) in [5.41, 5.74) is 4.47. The number of nitrogens with zero attached hydrogens (tertiary/aromatic N) is 5. The Morgan fingerprint density at radius 2 is 2.06 bits per heavy atom. The molecule has 0 spiro atoms. The van der Waals surface area contributed by atoms with Crippen molar-refractivity contribution >= 4 is 17.0 Å². The molecule has 2 aromatic heterocycles. The Bertz CT molecular complexity index is 1140. The van der Waals surface area contributed by atoms with Crippen LogP contribution >= 0.6 is 0 Å². The lowest BCUT2D eigenvalue weighted by Crippen LogP contribution is -2.58. The van der Waals surface area contributed by atoms with Crippen molar-refractivity contribution in [3.8, 4) is 5.75 Å². The first kappa shape index (κ1) is 21.8. The molecular weight excluding hydrogens is 428 g/mol. The number of hydrogen-bond donors (Lipinski definition) is 1. The predicted molar refractivity (Wildman–Crippen MR) is 131 cm³/mol. The average molecular weight is 463 g/mol. The molecule has 1 aromatic carbocycles. The molecule has 1 unspecified atom stereocenters. The second kappa shape index (κ2) is 9.15. The van der Waals surface area contributed by atoms with Crippen molar-refractivity contribution in [1.82, 2.24) is 24.8 Å². The third-order valence-corrected chi connectivity index (χ3v) is 7.56. The van der Waals surface area contributed by atoms with Gasteiger partial charge in [-0.25, -0.2) is 15.0 Å². The molecule has 180 valence electrons. The number of fused-ring (bicyclic) bond motifs is 2. The Kier molecular flexibility index (Phi) is 5.87. The van der Waals surface area contributed by atoms with E-state index in [0.717, 1.165) is 62.4 Å². The van der Waals surface area contributed by atoms with Gasteiger partial charge in [0, 0.05) is 25.7 Å². The SMILES string of the molecule is CC(C)OC1CN(C2CCc3cccc(OC[C@H]4CCCN4c4ncnc5nc[nH]c45)c3C2)C1. The lowest BCUT2D eigenvalue weighted by atomic mass is 9.85. The first-order valence-electron chi connectivity index (χ1n) is 12.7. The first-order chi connectivity index (χ1) is 16.7. The molecule has 1 N–H and O–H groups in total. The number of H-pyrrole nitrogens is 1. The number of nitrogens with one attached hydrogen (secondary N) is 1. The van der Waals surface area contributed by atoms with E-state index < -0.39 is 0 Å². The van der Waals surface area contributed by atoms with Crippen LogP contribution in [-0.2, 0) is 17.6 Å². The van der Waals surface area contributed by atoms with Crippen LogP contribution in [0.1, 0.15) is 44.2 Å².